The van der Waals surface area contributed by atoms with Crippen LogP contribution in [0.1, 0.15) is 47.0 Å². The maximum absolute atomic E-state index is 6.00. The van der Waals surface area contributed by atoms with Crippen LogP contribution in [0.25, 0.3) is 0 Å². The predicted octanol–water partition coefficient (Wildman–Crippen LogP) is 6.05. The van der Waals surface area contributed by atoms with E-state index < -0.39 is 0 Å². The maximum Gasteiger partial charge on any atom is 0.0658 e. The number of benzene rings is 1. The third kappa shape index (κ3) is 5.44. The summed E-state index contributed by atoms with van der Waals surface area (Å²) in [6.45, 7) is 16.0. The molecular weight excluding hydrogens is 316 g/mol. The van der Waals surface area contributed by atoms with E-state index in [2.05, 4.69) is 44.5 Å². The van der Waals surface area contributed by atoms with Gasteiger partial charge in [-0.05, 0) is 61.3 Å². The van der Waals surface area contributed by atoms with E-state index in [1.54, 1.807) is 0 Å². The maximum atomic E-state index is 6.00. The van der Waals surface area contributed by atoms with Gasteiger partial charge in [-0.25, -0.2) is 0 Å². The molecule has 1 aromatic rings. The quantitative estimate of drug-likeness (QED) is 0.645. The molecule has 3 heteroatoms. The monoisotopic (exact) mass is 348 g/mol. The molecule has 1 fully saturated rings. The molecule has 134 valence electrons. The molecule has 0 radical (unpaired) electrons. The van der Waals surface area contributed by atoms with Crippen LogP contribution in [0.15, 0.2) is 36.5 Å². The molecule has 0 spiro atoms. The number of halogens is 1. The van der Waals surface area contributed by atoms with Crippen molar-refractivity contribution in [3.63, 3.8) is 0 Å². The van der Waals surface area contributed by atoms with Gasteiger partial charge >= 0.3 is 0 Å². The van der Waals surface area contributed by atoms with Gasteiger partial charge in [-0.3, -0.25) is 0 Å². The average molecular weight is 349 g/mol. The van der Waals surface area contributed by atoms with E-state index in [1.807, 2.05) is 24.3 Å². The smallest absolute Gasteiger partial charge is 0.0658 e. The van der Waals surface area contributed by atoms with Crippen LogP contribution < -0.4 is 5.32 Å². The Morgan fingerprint density at radius 3 is 2.25 bits per heavy atom. The first-order valence-electron chi connectivity index (χ1n) is 9.32. The summed E-state index contributed by atoms with van der Waals surface area (Å²) in [6.07, 6.45) is 3.66. The molecule has 0 aromatic heterocycles. The highest BCUT2D eigenvalue weighted by Crippen LogP contribution is 2.29. The second-order valence-electron chi connectivity index (χ2n) is 7.89. The molecule has 1 aromatic carbocycles. The second kappa shape index (κ2) is 8.80. The number of nitrogens with one attached hydrogen (secondary N) is 1. The van der Waals surface area contributed by atoms with Gasteiger partial charge < -0.3 is 10.2 Å². The zero-order valence-electron chi connectivity index (χ0n) is 15.7. The number of piperidine rings is 1. The molecule has 0 aliphatic carbocycles. The summed E-state index contributed by atoms with van der Waals surface area (Å²) in [5.74, 6) is 2.28. The van der Waals surface area contributed by atoms with Crippen LogP contribution in [-0.2, 0) is 0 Å². The molecule has 1 aliphatic heterocycles. The van der Waals surface area contributed by atoms with Crippen LogP contribution in [0.3, 0.4) is 0 Å². The summed E-state index contributed by atoms with van der Waals surface area (Å²) in [6, 6.07) is 8.25. The molecule has 0 bridgehead atoms. The van der Waals surface area contributed by atoms with E-state index in [9.17, 15) is 0 Å². The second-order valence-corrected chi connectivity index (χ2v) is 8.33. The fraction of sp³-hybridized carbons (Fsp3) is 0.619. The van der Waals surface area contributed by atoms with E-state index in [0.29, 0.717) is 5.92 Å². The summed E-state index contributed by atoms with van der Waals surface area (Å²) in [7, 11) is 0. The molecule has 1 N–H and O–H groups in total. The zero-order chi connectivity index (χ0) is 17.7. The lowest BCUT2D eigenvalue weighted by Gasteiger charge is -2.39. The highest BCUT2D eigenvalue weighted by Gasteiger charge is 2.25. The minimum absolute atomic E-state index is 0.279. The van der Waals surface area contributed by atoms with Crippen LogP contribution in [0.4, 0.5) is 5.69 Å². The van der Waals surface area contributed by atoms with Crippen molar-refractivity contribution in [2.75, 3.05) is 18.4 Å². The van der Waals surface area contributed by atoms with Gasteiger partial charge in [0.25, 0.3) is 0 Å². The summed E-state index contributed by atoms with van der Waals surface area (Å²) >= 11 is 6.00. The zero-order valence-corrected chi connectivity index (χ0v) is 16.4. The standard InChI is InChI=1S/C21H33ClN2/c1-15(2)14-21(23-20-8-6-19(22)7-9-20)17(5)24-12-10-18(11-13-24)16(3)4/h6-9,15-16,18,21,23H,5,10-14H2,1-4H3/t21-/m1/s1. The fourth-order valence-electron chi connectivity index (χ4n) is 3.57. The highest BCUT2D eigenvalue weighted by molar-refractivity contribution is 6.30. The van der Waals surface area contributed by atoms with E-state index in [1.165, 1.54) is 18.5 Å². The Labute approximate surface area is 153 Å². The van der Waals surface area contributed by atoms with E-state index >= 15 is 0 Å². The number of rotatable bonds is 7. The van der Waals surface area contributed by atoms with Crippen molar-refractivity contribution in [3.05, 3.63) is 41.6 Å². The largest absolute Gasteiger partial charge is 0.377 e. The Balaban J connectivity index is 2.01. The Morgan fingerprint density at radius 2 is 1.75 bits per heavy atom. The summed E-state index contributed by atoms with van der Waals surface area (Å²) in [5, 5.41) is 4.44. The molecule has 1 saturated heterocycles. The molecule has 1 atom stereocenters. The van der Waals surface area contributed by atoms with Crippen molar-refractivity contribution < 1.29 is 0 Å². The van der Waals surface area contributed by atoms with Gasteiger partial charge in [0.05, 0.1) is 6.04 Å². The first-order chi connectivity index (χ1) is 11.4. The van der Waals surface area contributed by atoms with Crippen molar-refractivity contribution >= 4 is 17.3 Å². The van der Waals surface area contributed by atoms with Crippen molar-refractivity contribution in [2.45, 2.75) is 53.0 Å². The Bertz CT molecular complexity index is 513. The lowest BCUT2D eigenvalue weighted by molar-refractivity contribution is 0.183. The van der Waals surface area contributed by atoms with Crippen LogP contribution in [-0.4, -0.2) is 24.0 Å². The van der Waals surface area contributed by atoms with Crippen molar-refractivity contribution in [1.29, 1.82) is 0 Å². The molecule has 2 nitrogen and oxygen atoms in total. The molecule has 0 saturated carbocycles. The SMILES string of the molecule is C=C([C@@H](CC(C)C)Nc1ccc(Cl)cc1)N1CCC(C(C)C)CC1. The van der Waals surface area contributed by atoms with Gasteiger partial charge in [0.1, 0.15) is 0 Å². The number of hydrogen-bond acceptors (Lipinski definition) is 2. The topological polar surface area (TPSA) is 15.3 Å². The third-order valence-electron chi connectivity index (χ3n) is 5.18. The molecule has 1 heterocycles. The Morgan fingerprint density at radius 1 is 1.17 bits per heavy atom. The minimum atomic E-state index is 0.279. The molecule has 24 heavy (non-hydrogen) atoms. The van der Waals surface area contributed by atoms with Crippen molar-refractivity contribution in [3.8, 4) is 0 Å². The lowest BCUT2D eigenvalue weighted by Crippen LogP contribution is -2.40. The van der Waals surface area contributed by atoms with Gasteiger partial charge in [-0.2, -0.15) is 0 Å². The van der Waals surface area contributed by atoms with Gasteiger partial charge in [0.15, 0.2) is 0 Å². The minimum Gasteiger partial charge on any atom is -0.377 e. The lowest BCUT2D eigenvalue weighted by atomic mass is 9.86. The molecule has 1 aliphatic rings. The average Bonchev–Trinajstić information content (AvgIpc) is 2.55. The van der Waals surface area contributed by atoms with Crippen molar-refractivity contribution in [1.82, 2.24) is 4.90 Å². The molecule has 0 unspecified atom stereocenters. The van der Waals surface area contributed by atoms with E-state index in [0.717, 1.165) is 42.1 Å². The number of nitrogens with zero attached hydrogens (tertiary/aromatic N) is 1. The molecular formula is C21H33ClN2. The summed E-state index contributed by atoms with van der Waals surface area (Å²) < 4.78 is 0. The van der Waals surface area contributed by atoms with Gasteiger partial charge in [-0.15, -0.1) is 0 Å². The van der Waals surface area contributed by atoms with E-state index in [4.69, 9.17) is 11.6 Å². The van der Waals surface area contributed by atoms with Crippen LogP contribution in [0.5, 0.6) is 0 Å². The number of anilines is 1. The summed E-state index contributed by atoms with van der Waals surface area (Å²) in [4.78, 5) is 2.49. The highest BCUT2D eigenvalue weighted by atomic mass is 35.5. The third-order valence-corrected chi connectivity index (χ3v) is 5.44. The van der Waals surface area contributed by atoms with Crippen molar-refractivity contribution in [2.24, 2.45) is 17.8 Å². The Kier molecular flexibility index (Phi) is 7.03. The van der Waals surface area contributed by atoms with Gasteiger partial charge in [0, 0.05) is 29.5 Å². The van der Waals surface area contributed by atoms with Crippen LogP contribution in [0.2, 0.25) is 5.02 Å². The first-order valence-corrected chi connectivity index (χ1v) is 9.70. The fourth-order valence-corrected chi connectivity index (χ4v) is 3.70. The Hall–Kier alpha value is -1.15. The summed E-state index contributed by atoms with van der Waals surface area (Å²) in [5.41, 5.74) is 2.35. The van der Waals surface area contributed by atoms with Gasteiger partial charge in [-0.1, -0.05) is 45.9 Å². The number of hydrogen-bond donors (Lipinski definition) is 1. The number of likely N-dealkylation sites (tertiary alicyclic amines) is 1. The van der Waals surface area contributed by atoms with Crippen LogP contribution in [0, 0.1) is 17.8 Å². The van der Waals surface area contributed by atoms with Crippen LogP contribution >= 0.6 is 11.6 Å². The molecule has 2 rings (SSSR count). The predicted molar refractivity (Wildman–Crippen MR) is 107 cm³/mol. The van der Waals surface area contributed by atoms with E-state index in [-0.39, 0.29) is 6.04 Å². The van der Waals surface area contributed by atoms with Gasteiger partial charge in [0.2, 0.25) is 0 Å². The normalized spacial score (nSPS) is 17.4. The molecule has 0 amide bonds. The first kappa shape index (κ1) is 19.2.